The molecule has 8 nitrogen and oxygen atoms in total. The van der Waals surface area contributed by atoms with Crippen LogP contribution in [-0.4, -0.2) is 57.0 Å². The number of rotatable bonds is 7. The largest absolute Gasteiger partial charge is 0.378 e. The predicted octanol–water partition coefficient (Wildman–Crippen LogP) is 1.46. The van der Waals surface area contributed by atoms with Crippen molar-refractivity contribution >= 4 is 21.4 Å². The zero-order chi connectivity index (χ0) is 17.2. The van der Waals surface area contributed by atoms with Gasteiger partial charge in [0.1, 0.15) is 5.69 Å². The van der Waals surface area contributed by atoms with E-state index in [4.69, 9.17) is 4.74 Å². The predicted molar refractivity (Wildman–Crippen MR) is 86.2 cm³/mol. The number of ether oxygens (including phenoxy) is 1. The number of nitro benzene ring substituents is 1. The van der Waals surface area contributed by atoms with E-state index >= 15 is 0 Å². The molecular formula is C14H21N3O5S. The van der Waals surface area contributed by atoms with Gasteiger partial charge < -0.3 is 9.64 Å². The van der Waals surface area contributed by atoms with Crippen LogP contribution in [0.15, 0.2) is 23.1 Å². The Morgan fingerprint density at radius 1 is 1.35 bits per heavy atom. The van der Waals surface area contributed by atoms with Gasteiger partial charge in [0.25, 0.3) is 5.69 Å². The summed E-state index contributed by atoms with van der Waals surface area (Å²) in [7, 11) is -2.12. The second-order valence-electron chi connectivity index (χ2n) is 5.26. The Morgan fingerprint density at radius 3 is 2.43 bits per heavy atom. The fourth-order valence-electron chi connectivity index (χ4n) is 2.57. The van der Waals surface area contributed by atoms with E-state index in [0.29, 0.717) is 31.9 Å². The van der Waals surface area contributed by atoms with Gasteiger partial charge in [-0.2, -0.15) is 4.31 Å². The average Bonchev–Trinajstić information content (AvgIpc) is 2.47. The zero-order valence-electron chi connectivity index (χ0n) is 13.4. The van der Waals surface area contributed by atoms with E-state index < -0.39 is 14.9 Å². The molecule has 0 aromatic heterocycles. The first-order valence-electron chi connectivity index (χ1n) is 7.41. The fourth-order valence-corrected chi connectivity index (χ4v) is 4.05. The van der Waals surface area contributed by atoms with Gasteiger partial charge in [-0.15, -0.1) is 0 Å². The van der Waals surface area contributed by atoms with Crippen LogP contribution in [0.25, 0.3) is 0 Å². The Kier molecular flexibility index (Phi) is 5.23. The first-order valence-corrected chi connectivity index (χ1v) is 8.85. The number of nitrogens with zero attached hydrogens (tertiary/aromatic N) is 3. The van der Waals surface area contributed by atoms with E-state index in [9.17, 15) is 18.5 Å². The fraction of sp³-hybridized carbons (Fsp3) is 0.571. The molecule has 0 aliphatic carbocycles. The maximum Gasteiger partial charge on any atom is 0.293 e. The minimum Gasteiger partial charge on any atom is -0.378 e. The van der Waals surface area contributed by atoms with Gasteiger partial charge in [0.05, 0.1) is 15.9 Å². The molecule has 1 fully saturated rings. The normalized spacial score (nSPS) is 15.7. The minimum atomic E-state index is -3.72. The lowest BCUT2D eigenvalue weighted by Gasteiger charge is -2.39. The molecule has 2 rings (SSSR count). The van der Waals surface area contributed by atoms with Crippen LogP contribution in [0.2, 0.25) is 0 Å². The molecule has 9 heteroatoms. The number of hydrogen-bond acceptors (Lipinski definition) is 6. The van der Waals surface area contributed by atoms with Crippen molar-refractivity contribution in [3.63, 3.8) is 0 Å². The second-order valence-corrected chi connectivity index (χ2v) is 7.20. The Labute approximate surface area is 135 Å². The highest BCUT2D eigenvalue weighted by Gasteiger charge is 2.33. The van der Waals surface area contributed by atoms with Gasteiger partial charge in [-0.3, -0.25) is 10.1 Å². The highest BCUT2D eigenvalue weighted by molar-refractivity contribution is 7.89. The molecule has 0 saturated carbocycles. The van der Waals surface area contributed by atoms with Gasteiger partial charge >= 0.3 is 0 Å². The summed E-state index contributed by atoms with van der Waals surface area (Å²) < 4.78 is 31.4. The molecule has 23 heavy (non-hydrogen) atoms. The quantitative estimate of drug-likeness (QED) is 0.550. The van der Waals surface area contributed by atoms with Crippen LogP contribution in [0.5, 0.6) is 0 Å². The molecule has 0 amide bonds. The van der Waals surface area contributed by atoms with Crippen molar-refractivity contribution in [2.75, 3.05) is 38.2 Å². The number of sulfonamides is 1. The van der Waals surface area contributed by atoms with Crippen molar-refractivity contribution in [3.8, 4) is 0 Å². The van der Waals surface area contributed by atoms with E-state index in [0.717, 1.165) is 6.07 Å². The maximum atomic E-state index is 12.5. The van der Waals surface area contributed by atoms with Crippen LogP contribution in [0.4, 0.5) is 11.4 Å². The molecule has 1 aliphatic rings. The van der Waals surface area contributed by atoms with Crippen LogP contribution in [-0.2, 0) is 14.8 Å². The Balaban J connectivity index is 2.39. The van der Waals surface area contributed by atoms with E-state index in [2.05, 4.69) is 0 Å². The molecule has 0 spiro atoms. The molecule has 0 unspecified atom stereocenters. The number of methoxy groups -OCH3 is 1. The van der Waals surface area contributed by atoms with Crippen molar-refractivity contribution < 1.29 is 18.1 Å². The summed E-state index contributed by atoms with van der Waals surface area (Å²) in [5, 5.41) is 11.3. The van der Waals surface area contributed by atoms with Gasteiger partial charge in [-0.1, -0.05) is 13.8 Å². The molecular weight excluding hydrogens is 322 g/mol. The summed E-state index contributed by atoms with van der Waals surface area (Å²) in [6, 6.07) is 4.07. The van der Waals surface area contributed by atoms with Crippen molar-refractivity contribution in [3.05, 3.63) is 28.3 Å². The van der Waals surface area contributed by atoms with Gasteiger partial charge in [-0.25, -0.2) is 8.42 Å². The molecule has 0 radical (unpaired) electrons. The Morgan fingerprint density at radius 2 is 1.96 bits per heavy atom. The van der Waals surface area contributed by atoms with Crippen molar-refractivity contribution in [2.24, 2.45) is 0 Å². The van der Waals surface area contributed by atoms with Crippen molar-refractivity contribution in [1.29, 1.82) is 0 Å². The second kappa shape index (κ2) is 6.81. The van der Waals surface area contributed by atoms with Gasteiger partial charge in [0.15, 0.2) is 0 Å². The van der Waals surface area contributed by atoms with Gasteiger partial charge in [0.2, 0.25) is 10.0 Å². The highest BCUT2D eigenvalue weighted by atomic mass is 32.2. The molecule has 1 aromatic carbocycles. The third kappa shape index (κ3) is 3.31. The molecule has 0 atom stereocenters. The van der Waals surface area contributed by atoms with Crippen molar-refractivity contribution in [1.82, 2.24) is 4.31 Å². The molecule has 0 bridgehead atoms. The topological polar surface area (TPSA) is 93.0 Å². The third-order valence-corrected chi connectivity index (χ3v) is 6.05. The summed E-state index contributed by atoms with van der Waals surface area (Å²) in [6.07, 6.45) is 0.0497. The summed E-state index contributed by atoms with van der Waals surface area (Å²) in [4.78, 5) is 12.6. The minimum absolute atomic E-state index is 0.0497. The number of hydrogen-bond donors (Lipinski definition) is 0. The Bertz CT molecular complexity index is 682. The first-order chi connectivity index (χ1) is 10.8. The standard InChI is InChI=1S/C14H21N3O5S/c1-4-16(5-2)23(20,21)12-6-7-13(14(8-12)17(18)19)15-9-11(10-15)22-3/h6-8,11H,4-5,9-10H2,1-3H3. The van der Waals surface area contributed by atoms with Crippen LogP contribution >= 0.6 is 0 Å². The summed E-state index contributed by atoms with van der Waals surface area (Å²) in [6.45, 7) is 5.20. The SMILES string of the molecule is CCN(CC)S(=O)(=O)c1ccc(N2CC(OC)C2)c([N+](=O)[O-])c1. The average molecular weight is 343 g/mol. The molecule has 128 valence electrons. The summed E-state index contributed by atoms with van der Waals surface area (Å²) in [5.41, 5.74) is 0.217. The molecule has 1 aliphatic heterocycles. The van der Waals surface area contributed by atoms with Crippen LogP contribution in [0, 0.1) is 10.1 Å². The smallest absolute Gasteiger partial charge is 0.293 e. The van der Waals surface area contributed by atoms with E-state index in [1.807, 2.05) is 0 Å². The van der Waals surface area contributed by atoms with Crippen LogP contribution in [0.3, 0.4) is 0 Å². The van der Waals surface area contributed by atoms with Gasteiger partial charge in [0, 0.05) is 39.4 Å². The maximum absolute atomic E-state index is 12.5. The van der Waals surface area contributed by atoms with Crippen LogP contribution < -0.4 is 4.90 Å². The highest BCUT2D eigenvalue weighted by Crippen LogP contribution is 2.34. The van der Waals surface area contributed by atoms with Gasteiger partial charge in [-0.05, 0) is 12.1 Å². The first kappa shape index (κ1) is 17.6. The summed E-state index contributed by atoms with van der Waals surface area (Å²) >= 11 is 0. The monoisotopic (exact) mass is 343 g/mol. The van der Waals surface area contributed by atoms with Crippen molar-refractivity contribution in [2.45, 2.75) is 24.8 Å². The number of benzene rings is 1. The van der Waals surface area contributed by atoms with E-state index in [1.54, 1.807) is 25.9 Å². The molecule has 1 heterocycles. The third-order valence-electron chi connectivity index (χ3n) is 4.01. The number of anilines is 1. The van der Waals surface area contributed by atoms with E-state index in [-0.39, 0.29) is 16.7 Å². The Hall–Kier alpha value is -1.71. The van der Waals surface area contributed by atoms with E-state index in [1.165, 1.54) is 16.4 Å². The lowest BCUT2D eigenvalue weighted by molar-refractivity contribution is -0.384. The number of nitro groups is 1. The molecule has 1 saturated heterocycles. The molecule has 0 N–H and O–H groups in total. The lowest BCUT2D eigenvalue weighted by Crippen LogP contribution is -2.52. The zero-order valence-corrected chi connectivity index (χ0v) is 14.2. The molecule has 1 aromatic rings. The summed E-state index contributed by atoms with van der Waals surface area (Å²) in [5.74, 6) is 0. The van der Waals surface area contributed by atoms with Crippen LogP contribution in [0.1, 0.15) is 13.8 Å². The lowest BCUT2D eigenvalue weighted by atomic mass is 10.1.